The van der Waals surface area contributed by atoms with E-state index in [-0.39, 0.29) is 5.69 Å². The number of rotatable bonds is 3. The molecule has 19 heavy (non-hydrogen) atoms. The molecular formula is C10H10F3N3O3. The third kappa shape index (κ3) is 4.37. The van der Waals surface area contributed by atoms with Gasteiger partial charge in [-0.25, -0.2) is 4.79 Å². The van der Waals surface area contributed by atoms with Gasteiger partial charge in [-0.3, -0.25) is 10.1 Å². The highest BCUT2D eigenvalue weighted by atomic mass is 19.4. The number of nitrogens with one attached hydrogen (secondary N) is 1. The lowest BCUT2D eigenvalue weighted by Crippen LogP contribution is -2.38. The topological polar surface area (TPSA) is 107 Å². The molecule has 0 radical (unpaired) electrons. The van der Waals surface area contributed by atoms with Crippen molar-refractivity contribution in [2.75, 3.05) is 12.3 Å². The minimum atomic E-state index is -4.68. The van der Waals surface area contributed by atoms with E-state index in [0.29, 0.717) is 6.07 Å². The van der Waals surface area contributed by atoms with Gasteiger partial charge in [-0.05, 0) is 18.2 Å². The third-order valence-electron chi connectivity index (χ3n) is 1.93. The Labute approximate surface area is 105 Å². The van der Waals surface area contributed by atoms with Crippen LogP contribution in [0.5, 0.6) is 5.75 Å². The molecule has 0 saturated heterocycles. The van der Waals surface area contributed by atoms with Gasteiger partial charge >= 0.3 is 12.2 Å². The summed E-state index contributed by atoms with van der Waals surface area (Å²) in [6.07, 6.45) is -4.68. The van der Waals surface area contributed by atoms with Gasteiger partial charge in [-0.15, -0.1) is 0 Å². The number of hydrogen-bond donors (Lipinski definition) is 3. The number of primary amides is 1. The van der Waals surface area contributed by atoms with Gasteiger partial charge in [0, 0.05) is 5.69 Å². The maximum atomic E-state index is 12.7. The average Bonchev–Trinajstić information content (AvgIpc) is 2.25. The number of ether oxygens (including phenoxy) is 1. The van der Waals surface area contributed by atoms with Crippen molar-refractivity contribution in [2.45, 2.75) is 6.18 Å². The number of nitrogens with two attached hydrogens (primary N) is 2. The molecule has 1 aromatic rings. The van der Waals surface area contributed by atoms with Gasteiger partial charge in [0.1, 0.15) is 5.75 Å². The second-order valence-corrected chi connectivity index (χ2v) is 3.45. The van der Waals surface area contributed by atoms with Gasteiger partial charge in [0.2, 0.25) is 0 Å². The summed E-state index contributed by atoms with van der Waals surface area (Å²) in [4.78, 5) is 21.3. The number of anilines is 1. The van der Waals surface area contributed by atoms with Crippen molar-refractivity contribution in [3.8, 4) is 5.75 Å². The molecule has 1 rings (SSSR count). The fourth-order valence-corrected chi connectivity index (χ4v) is 1.21. The summed E-state index contributed by atoms with van der Waals surface area (Å²) in [5.74, 6) is -1.53. The molecule has 0 aromatic heterocycles. The molecule has 5 N–H and O–H groups in total. The molecule has 0 aliphatic heterocycles. The standard InChI is InChI=1S/C10H10F3N3O3/c11-10(12,13)6-3-5(14)1-2-7(6)19-4-8(17)16-9(15)18/h1-3H,4,14H2,(H3,15,16,17,18). The predicted octanol–water partition coefficient (Wildman–Crippen LogP) is 0.861. The van der Waals surface area contributed by atoms with E-state index in [9.17, 15) is 22.8 Å². The number of halogens is 3. The van der Waals surface area contributed by atoms with Crippen molar-refractivity contribution >= 4 is 17.6 Å². The van der Waals surface area contributed by atoms with E-state index in [1.54, 1.807) is 5.32 Å². The lowest BCUT2D eigenvalue weighted by atomic mass is 10.1. The van der Waals surface area contributed by atoms with E-state index in [4.69, 9.17) is 5.73 Å². The molecule has 1 aromatic carbocycles. The minimum Gasteiger partial charge on any atom is -0.483 e. The number of carbonyl (C=O) groups is 2. The van der Waals surface area contributed by atoms with Crippen molar-refractivity contribution in [2.24, 2.45) is 5.73 Å². The molecule has 104 valence electrons. The summed E-state index contributed by atoms with van der Waals surface area (Å²) in [6, 6.07) is 1.73. The van der Waals surface area contributed by atoms with Crippen LogP contribution in [0.15, 0.2) is 18.2 Å². The smallest absolute Gasteiger partial charge is 0.420 e. The van der Waals surface area contributed by atoms with Gasteiger partial charge < -0.3 is 16.2 Å². The van der Waals surface area contributed by atoms with Crippen molar-refractivity contribution in [3.63, 3.8) is 0 Å². The zero-order chi connectivity index (χ0) is 14.6. The third-order valence-corrected chi connectivity index (χ3v) is 1.93. The van der Waals surface area contributed by atoms with E-state index in [1.165, 1.54) is 6.07 Å². The maximum absolute atomic E-state index is 12.7. The minimum absolute atomic E-state index is 0.0961. The normalized spacial score (nSPS) is 10.9. The largest absolute Gasteiger partial charge is 0.483 e. The Morgan fingerprint density at radius 1 is 1.32 bits per heavy atom. The zero-order valence-electron chi connectivity index (χ0n) is 9.45. The Kier molecular flexibility index (Phi) is 4.20. The average molecular weight is 277 g/mol. The first-order chi connectivity index (χ1) is 8.70. The van der Waals surface area contributed by atoms with Crippen LogP contribution in [0.4, 0.5) is 23.7 Å². The monoisotopic (exact) mass is 277 g/mol. The molecule has 3 amide bonds. The van der Waals surface area contributed by atoms with Crippen LogP contribution in [-0.4, -0.2) is 18.5 Å². The summed E-state index contributed by atoms with van der Waals surface area (Å²) >= 11 is 0. The van der Waals surface area contributed by atoms with Crippen molar-refractivity contribution in [1.82, 2.24) is 5.32 Å². The molecule has 0 spiro atoms. The Bertz CT molecular complexity index is 503. The number of amides is 3. The van der Waals surface area contributed by atoms with Crippen LogP contribution in [0, 0.1) is 0 Å². The predicted molar refractivity (Wildman–Crippen MR) is 59.1 cm³/mol. The summed E-state index contributed by atoms with van der Waals surface area (Å²) < 4.78 is 42.6. The highest BCUT2D eigenvalue weighted by molar-refractivity contribution is 5.94. The molecule has 0 unspecified atom stereocenters. The molecule has 9 heteroatoms. The van der Waals surface area contributed by atoms with Crippen molar-refractivity contribution in [1.29, 1.82) is 0 Å². The molecular weight excluding hydrogens is 267 g/mol. The fraction of sp³-hybridized carbons (Fsp3) is 0.200. The van der Waals surface area contributed by atoms with Crippen LogP contribution in [0.2, 0.25) is 0 Å². The lowest BCUT2D eigenvalue weighted by Gasteiger charge is -2.14. The molecule has 0 saturated carbocycles. The first-order valence-electron chi connectivity index (χ1n) is 4.89. The molecule has 0 aliphatic rings. The van der Waals surface area contributed by atoms with Crippen molar-refractivity contribution < 1.29 is 27.5 Å². The number of benzene rings is 1. The van der Waals surface area contributed by atoms with E-state index in [2.05, 4.69) is 10.5 Å². The van der Waals surface area contributed by atoms with Crippen LogP contribution in [0.25, 0.3) is 0 Å². The first kappa shape index (κ1) is 14.6. The van der Waals surface area contributed by atoms with Crippen LogP contribution in [0.1, 0.15) is 5.56 Å². The summed E-state index contributed by atoms with van der Waals surface area (Å²) in [7, 11) is 0. The molecule has 0 bridgehead atoms. The van der Waals surface area contributed by atoms with E-state index in [1.807, 2.05) is 0 Å². The quantitative estimate of drug-likeness (QED) is 0.712. The van der Waals surface area contributed by atoms with E-state index < -0.39 is 36.0 Å². The maximum Gasteiger partial charge on any atom is 0.420 e. The lowest BCUT2D eigenvalue weighted by molar-refractivity contribution is -0.139. The summed E-state index contributed by atoms with van der Waals surface area (Å²) in [5.41, 5.74) is 8.70. The van der Waals surface area contributed by atoms with Gasteiger partial charge in [0.25, 0.3) is 5.91 Å². The number of hydrogen-bond acceptors (Lipinski definition) is 4. The second-order valence-electron chi connectivity index (χ2n) is 3.45. The molecule has 0 heterocycles. The van der Waals surface area contributed by atoms with Crippen LogP contribution in [-0.2, 0) is 11.0 Å². The number of carbonyl (C=O) groups excluding carboxylic acids is 2. The van der Waals surface area contributed by atoms with E-state index >= 15 is 0 Å². The Morgan fingerprint density at radius 2 is 1.95 bits per heavy atom. The van der Waals surface area contributed by atoms with Gasteiger partial charge in [0.05, 0.1) is 5.56 Å². The molecule has 6 nitrogen and oxygen atoms in total. The molecule has 0 fully saturated rings. The molecule has 0 aliphatic carbocycles. The SMILES string of the molecule is NC(=O)NC(=O)COc1ccc(N)cc1C(F)(F)F. The van der Waals surface area contributed by atoms with E-state index in [0.717, 1.165) is 6.07 Å². The van der Waals surface area contributed by atoms with Crippen LogP contribution < -0.4 is 21.5 Å². The van der Waals surface area contributed by atoms with Crippen LogP contribution in [0.3, 0.4) is 0 Å². The number of alkyl halides is 3. The first-order valence-corrected chi connectivity index (χ1v) is 4.89. The highest BCUT2D eigenvalue weighted by Crippen LogP contribution is 2.37. The molecule has 0 atom stereocenters. The Hall–Kier alpha value is -2.45. The van der Waals surface area contributed by atoms with Crippen LogP contribution >= 0.6 is 0 Å². The van der Waals surface area contributed by atoms with Gasteiger partial charge in [-0.2, -0.15) is 13.2 Å². The number of imide groups is 1. The zero-order valence-corrected chi connectivity index (χ0v) is 9.45. The second kappa shape index (κ2) is 5.46. The van der Waals surface area contributed by atoms with Gasteiger partial charge in [-0.1, -0.05) is 0 Å². The Morgan fingerprint density at radius 3 is 2.47 bits per heavy atom. The fourth-order valence-electron chi connectivity index (χ4n) is 1.21. The van der Waals surface area contributed by atoms with Crippen molar-refractivity contribution in [3.05, 3.63) is 23.8 Å². The number of urea groups is 1. The summed E-state index contributed by atoms with van der Waals surface area (Å²) in [6.45, 7) is -0.782. The van der Waals surface area contributed by atoms with Gasteiger partial charge in [0.15, 0.2) is 6.61 Å². The number of nitrogen functional groups attached to an aromatic ring is 1. The summed E-state index contributed by atoms with van der Waals surface area (Å²) in [5, 5.41) is 1.65. The highest BCUT2D eigenvalue weighted by Gasteiger charge is 2.34. The Balaban J connectivity index is 2.84.